The molecule has 0 radical (unpaired) electrons. The molecule has 148 valence electrons. The molecule has 0 spiro atoms. The van der Waals surface area contributed by atoms with Crippen LogP contribution in [0.5, 0.6) is 11.5 Å². The van der Waals surface area contributed by atoms with Crippen molar-refractivity contribution in [2.45, 2.75) is 0 Å². The van der Waals surface area contributed by atoms with Gasteiger partial charge < -0.3 is 19.3 Å². The number of nitrogens with zero attached hydrogens (tertiary/aromatic N) is 3. The molecule has 8 nitrogen and oxygen atoms in total. The molecule has 3 rings (SSSR count). The molecular weight excluding hydrogens is 386 g/mol. The molecule has 1 heterocycles. The van der Waals surface area contributed by atoms with Gasteiger partial charge >= 0.3 is 0 Å². The lowest BCUT2D eigenvalue weighted by atomic mass is 10.1. The molecular formula is C19H20ClN3O5. The van der Waals surface area contributed by atoms with Gasteiger partial charge in [-0.2, -0.15) is 0 Å². The number of piperazine rings is 1. The Morgan fingerprint density at radius 2 is 1.71 bits per heavy atom. The topological polar surface area (TPSA) is 85.2 Å². The van der Waals surface area contributed by atoms with Crippen molar-refractivity contribution >= 4 is 28.9 Å². The minimum atomic E-state index is -0.422. The first-order valence-corrected chi connectivity index (χ1v) is 9.02. The Morgan fingerprint density at radius 3 is 2.25 bits per heavy atom. The van der Waals surface area contributed by atoms with E-state index in [1.165, 1.54) is 26.4 Å². The van der Waals surface area contributed by atoms with Gasteiger partial charge in [-0.25, -0.2) is 0 Å². The lowest BCUT2D eigenvalue weighted by Crippen LogP contribution is -2.48. The predicted octanol–water partition coefficient (Wildman–Crippen LogP) is 3.23. The molecule has 1 saturated heterocycles. The van der Waals surface area contributed by atoms with E-state index in [4.69, 9.17) is 21.1 Å². The van der Waals surface area contributed by atoms with E-state index in [0.717, 1.165) is 5.69 Å². The van der Waals surface area contributed by atoms with Crippen LogP contribution in [-0.2, 0) is 0 Å². The van der Waals surface area contributed by atoms with E-state index >= 15 is 0 Å². The molecule has 0 aromatic heterocycles. The number of amides is 1. The molecule has 0 aliphatic carbocycles. The number of anilines is 1. The number of carbonyl (C=O) groups is 1. The third-order valence-corrected chi connectivity index (χ3v) is 4.95. The SMILES string of the molecule is COc1cc(C(=O)N2CCN(c3ccc([N+](=O)[O-])cc3)CC2)cc(Cl)c1OC. The number of methoxy groups -OCH3 is 2. The summed E-state index contributed by atoms with van der Waals surface area (Å²) < 4.78 is 10.5. The zero-order valence-corrected chi connectivity index (χ0v) is 16.3. The van der Waals surface area contributed by atoms with Crippen LogP contribution in [0.2, 0.25) is 5.02 Å². The summed E-state index contributed by atoms with van der Waals surface area (Å²) in [5, 5.41) is 11.1. The van der Waals surface area contributed by atoms with Gasteiger partial charge in [0.05, 0.1) is 24.2 Å². The highest BCUT2D eigenvalue weighted by Gasteiger charge is 2.24. The van der Waals surface area contributed by atoms with E-state index in [-0.39, 0.29) is 11.6 Å². The van der Waals surface area contributed by atoms with E-state index in [9.17, 15) is 14.9 Å². The van der Waals surface area contributed by atoms with Crippen LogP contribution in [0.3, 0.4) is 0 Å². The van der Waals surface area contributed by atoms with Crippen LogP contribution in [0.25, 0.3) is 0 Å². The van der Waals surface area contributed by atoms with Crippen LogP contribution in [0.15, 0.2) is 36.4 Å². The number of rotatable bonds is 5. The second kappa shape index (κ2) is 8.35. The van der Waals surface area contributed by atoms with Gasteiger partial charge in [0.25, 0.3) is 11.6 Å². The summed E-state index contributed by atoms with van der Waals surface area (Å²) in [7, 11) is 2.98. The normalized spacial score (nSPS) is 14.0. The number of non-ortho nitro benzene ring substituents is 1. The Balaban J connectivity index is 1.68. The monoisotopic (exact) mass is 405 g/mol. The lowest BCUT2D eigenvalue weighted by Gasteiger charge is -2.36. The lowest BCUT2D eigenvalue weighted by molar-refractivity contribution is -0.384. The molecule has 1 fully saturated rings. The van der Waals surface area contributed by atoms with Crippen molar-refractivity contribution in [3.63, 3.8) is 0 Å². The fraction of sp³-hybridized carbons (Fsp3) is 0.316. The van der Waals surface area contributed by atoms with Gasteiger partial charge in [0.15, 0.2) is 11.5 Å². The van der Waals surface area contributed by atoms with E-state index in [2.05, 4.69) is 4.90 Å². The van der Waals surface area contributed by atoms with Crippen molar-refractivity contribution in [2.24, 2.45) is 0 Å². The first kappa shape index (κ1) is 19.8. The molecule has 2 aromatic rings. The maximum atomic E-state index is 12.9. The molecule has 0 saturated carbocycles. The standard InChI is InChI=1S/C19H20ClN3O5/c1-27-17-12-13(11-16(20)18(17)28-2)19(24)22-9-7-21(8-10-22)14-3-5-15(6-4-14)23(25)26/h3-6,11-12H,7-10H2,1-2H3. The van der Waals surface area contributed by atoms with Crippen LogP contribution in [0, 0.1) is 10.1 Å². The Bertz CT molecular complexity index is 880. The summed E-state index contributed by atoms with van der Waals surface area (Å²) >= 11 is 6.20. The Hall–Kier alpha value is -3.00. The summed E-state index contributed by atoms with van der Waals surface area (Å²) in [5.74, 6) is 0.665. The van der Waals surface area contributed by atoms with Crippen molar-refractivity contribution in [3.05, 3.63) is 57.1 Å². The molecule has 1 aliphatic rings. The molecule has 0 bridgehead atoms. The van der Waals surface area contributed by atoms with Gasteiger partial charge in [-0.1, -0.05) is 11.6 Å². The number of nitro groups is 1. The number of hydrogen-bond donors (Lipinski definition) is 0. The van der Waals surface area contributed by atoms with Gasteiger partial charge in [-0.15, -0.1) is 0 Å². The highest BCUT2D eigenvalue weighted by molar-refractivity contribution is 6.32. The average molecular weight is 406 g/mol. The number of hydrogen-bond acceptors (Lipinski definition) is 6. The number of nitro benzene ring substituents is 1. The Kier molecular flexibility index (Phi) is 5.89. The molecule has 1 aliphatic heterocycles. The minimum absolute atomic E-state index is 0.0582. The summed E-state index contributed by atoms with van der Waals surface area (Å²) in [6.07, 6.45) is 0. The van der Waals surface area contributed by atoms with Crippen LogP contribution >= 0.6 is 11.6 Å². The van der Waals surface area contributed by atoms with Crippen LogP contribution in [0.1, 0.15) is 10.4 Å². The Labute approximate surface area is 167 Å². The number of ether oxygens (including phenoxy) is 2. The molecule has 2 aromatic carbocycles. The zero-order valence-electron chi connectivity index (χ0n) is 15.6. The Morgan fingerprint density at radius 1 is 1.07 bits per heavy atom. The van der Waals surface area contributed by atoms with Gasteiger partial charge in [-0.3, -0.25) is 14.9 Å². The largest absolute Gasteiger partial charge is 0.493 e. The fourth-order valence-electron chi connectivity index (χ4n) is 3.18. The fourth-order valence-corrected chi connectivity index (χ4v) is 3.46. The highest BCUT2D eigenvalue weighted by atomic mass is 35.5. The predicted molar refractivity (Wildman–Crippen MR) is 106 cm³/mol. The third kappa shape index (κ3) is 3.96. The maximum Gasteiger partial charge on any atom is 0.269 e. The smallest absolute Gasteiger partial charge is 0.269 e. The maximum absolute atomic E-state index is 12.9. The van der Waals surface area contributed by atoms with E-state index in [1.807, 2.05) is 0 Å². The van der Waals surface area contributed by atoms with E-state index in [1.54, 1.807) is 29.2 Å². The molecule has 1 amide bonds. The van der Waals surface area contributed by atoms with Crippen LogP contribution in [0.4, 0.5) is 11.4 Å². The van der Waals surface area contributed by atoms with E-state index in [0.29, 0.717) is 48.3 Å². The first-order chi connectivity index (χ1) is 13.4. The summed E-state index contributed by atoms with van der Waals surface area (Å²) in [6, 6.07) is 9.62. The molecule has 0 unspecified atom stereocenters. The second-order valence-corrected chi connectivity index (χ2v) is 6.65. The van der Waals surface area contributed by atoms with Gasteiger partial charge in [0.1, 0.15) is 0 Å². The van der Waals surface area contributed by atoms with Crippen molar-refractivity contribution in [1.82, 2.24) is 4.90 Å². The van der Waals surface area contributed by atoms with Crippen LogP contribution in [-0.4, -0.2) is 56.1 Å². The van der Waals surface area contributed by atoms with E-state index < -0.39 is 4.92 Å². The van der Waals surface area contributed by atoms with Gasteiger partial charge in [0, 0.05) is 49.6 Å². The molecule has 0 N–H and O–H groups in total. The quantitative estimate of drug-likeness (QED) is 0.560. The summed E-state index contributed by atoms with van der Waals surface area (Å²) in [6.45, 7) is 2.32. The number of carbonyl (C=O) groups excluding carboxylic acids is 1. The molecule has 0 atom stereocenters. The van der Waals surface area contributed by atoms with Crippen molar-refractivity contribution in [2.75, 3.05) is 45.3 Å². The zero-order chi connectivity index (χ0) is 20.3. The first-order valence-electron chi connectivity index (χ1n) is 8.64. The number of benzene rings is 2. The number of halogens is 1. The second-order valence-electron chi connectivity index (χ2n) is 6.25. The van der Waals surface area contributed by atoms with Crippen molar-refractivity contribution < 1.29 is 19.2 Å². The molecule has 9 heteroatoms. The molecule has 28 heavy (non-hydrogen) atoms. The van der Waals surface area contributed by atoms with Crippen molar-refractivity contribution in [1.29, 1.82) is 0 Å². The minimum Gasteiger partial charge on any atom is -0.493 e. The average Bonchev–Trinajstić information content (AvgIpc) is 2.72. The van der Waals surface area contributed by atoms with Gasteiger partial charge in [-0.05, 0) is 24.3 Å². The highest BCUT2D eigenvalue weighted by Crippen LogP contribution is 2.36. The van der Waals surface area contributed by atoms with Crippen molar-refractivity contribution in [3.8, 4) is 11.5 Å². The summed E-state index contributed by atoms with van der Waals surface area (Å²) in [5.41, 5.74) is 1.39. The van der Waals surface area contributed by atoms with Crippen LogP contribution < -0.4 is 14.4 Å². The third-order valence-electron chi connectivity index (χ3n) is 4.67. The summed E-state index contributed by atoms with van der Waals surface area (Å²) in [4.78, 5) is 27.1. The van der Waals surface area contributed by atoms with Gasteiger partial charge in [0.2, 0.25) is 0 Å².